The van der Waals surface area contributed by atoms with E-state index < -0.39 is 0 Å². The van der Waals surface area contributed by atoms with Crippen LogP contribution in [0.4, 0.5) is 0 Å². The lowest BCUT2D eigenvalue weighted by atomic mass is 9.69. The molecule has 0 aliphatic rings. The maximum atomic E-state index is 5.00. The Kier molecular flexibility index (Phi) is 7.47. The van der Waals surface area contributed by atoms with E-state index in [0.717, 1.165) is 28.1 Å². The van der Waals surface area contributed by atoms with Gasteiger partial charge < -0.3 is 0 Å². The van der Waals surface area contributed by atoms with Crippen LogP contribution in [-0.2, 0) is 0 Å². The van der Waals surface area contributed by atoms with Gasteiger partial charge in [0.05, 0.1) is 11.0 Å². The van der Waals surface area contributed by atoms with Gasteiger partial charge >= 0.3 is 0 Å². The van der Waals surface area contributed by atoms with Crippen LogP contribution in [0.15, 0.2) is 78.9 Å². The largest absolute Gasteiger partial charge is 0.292 e. The summed E-state index contributed by atoms with van der Waals surface area (Å²) < 4.78 is 2.26. The number of nitrogens with zero attached hydrogens (tertiary/aromatic N) is 2. The maximum Gasteiger partial charge on any atom is 0.145 e. The first-order valence-corrected chi connectivity index (χ1v) is 12.3. The zero-order chi connectivity index (χ0) is 24.2. The minimum Gasteiger partial charge on any atom is -0.292 e. The van der Waals surface area contributed by atoms with Crippen LogP contribution in [0.25, 0.3) is 28.1 Å². The number of benzene rings is 3. The van der Waals surface area contributed by atoms with Crippen molar-refractivity contribution >= 4 is 11.0 Å². The summed E-state index contributed by atoms with van der Waals surface area (Å²) in [5, 5.41) is 0. The molecule has 0 radical (unpaired) electrons. The molecule has 1 atom stereocenters. The van der Waals surface area contributed by atoms with Crippen molar-refractivity contribution in [2.24, 2.45) is 10.8 Å². The summed E-state index contributed by atoms with van der Waals surface area (Å²) in [5.74, 6) is 1.50. The Hall–Kier alpha value is -2.87. The van der Waals surface area contributed by atoms with Gasteiger partial charge in [0.25, 0.3) is 0 Å². The molecule has 1 aromatic heterocycles. The zero-order valence-corrected chi connectivity index (χ0v) is 21.7. The second kappa shape index (κ2) is 9.95. The predicted molar refractivity (Wildman–Crippen MR) is 144 cm³/mol. The third kappa shape index (κ3) is 5.74. The second-order valence-electron chi connectivity index (χ2n) is 10.9. The lowest BCUT2D eigenvalue weighted by molar-refractivity contribution is 0.229. The number of para-hydroxylation sites is 3. The molecule has 174 valence electrons. The molecule has 0 spiro atoms. The fourth-order valence-electron chi connectivity index (χ4n) is 4.46. The van der Waals surface area contributed by atoms with Crippen LogP contribution >= 0.6 is 0 Å². The molecule has 4 rings (SSSR count). The number of hydrogen-bond acceptors (Lipinski definition) is 1. The average Bonchev–Trinajstić information content (AvgIpc) is 3.18. The molecule has 0 saturated heterocycles. The van der Waals surface area contributed by atoms with E-state index in [1.165, 1.54) is 12.0 Å². The molecule has 0 aliphatic heterocycles. The SMILES string of the molecule is CC.CC(C)(C)CC(c1ccc(-c2nc3ccccc3n2-c2ccccc2)cc1)C(C)(C)C. The van der Waals surface area contributed by atoms with Gasteiger partial charge in [-0.2, -0.15) is 0 Å². The highest BCUT2D eigenvalue weighted by atomic mass is 15.1. The van der Waals surface area contributed by atoms with E-state index >= 15 is 0 Å². The summed E-state index contributed by atoms with van der Waals surface area (Å²) in [4.78, 5) is 5.00. The van der Waals surface area contributed by atoms with E-state index in [2.05, 4.69) is 125 Å². The van der Waals surface area contributed by atoms with Gasteiger partial charge in [0, 0.05) is 11.3 Å². The molecule has 0 aliphatic carbocycles. The third-order valence-corrected chi connectivity index (χ3v) is 6.01. The Morgan fingerprint density at radius 2 is 1.30 bits per heavy atom. The molecule has 4 aromatic rings. The summed E-state index contributed by atoms with van der Waals surface area (Å²) in [7, 11) is 0. The molecule has 0 N–H and O–H groups in total. The third-order valence-electron chi connectivity index (χ3n) is 6.01. The summed E-state index contributed by atoms with van der Waals surface area (Å²) in [6, 6.07) is 28.0. The van der Waals surface area contributed by atoms with Crippen molar-refractivity contribution in [3.8, 4) is 17.1 Å². The van der Waals surface area contributed by atoms with E-state index in [-0.39, 0.29) is 10.8 Å². The molecule has 2 nitrogen and oxygen atoms in total. The lowest BCUT2D eigenvalue weighted by Gasteiger charge is -2.36. The first-order valence-electron chi connectivity index (χ1n) is 12.3. The fraction of sp³-hybridized carbons (Fsp3) is 0.387. The van der Waals surface area contributed by atoms with Crippen molar-refractivity contribution in [1.82, 2.24) is 9.55 Å². The van der Waals surface area contributed by atoms with Crippen LogP contribution in [0.2, 0.25) is 0 Å². The van der Waals surface area contributed by atoms with E-state index in [0.29, 0.717) is 5.92 Å². The number of fused-ring (bicyclic) bond motifs is 1. The molecule has 1 unspecified atom stereocenters. The van der Waals surface area contributed by atoms with Crippen molar-refractivity contribution in [3.63, 3.8) is 0 Å². The quantitative estimate of drug-likeness (QED) is 0.309. The van der Waals surface area contributed by atoms with Crippen molar-refractivity contribution in [1.29, 1.82) is 0 Å². The molecular weight excluding hydrogens is 400 g/mol. The van der Waals surface area contributed by atoms with Crippen molar-refractivity contribution < 1.29 is 0 Å². The van der Waals surface area contributed by atoms with Gasteiger partial charge in [-0.3, -0.25) is 4.57 Å². The van der Waals surface area contributed by atoms with Gasteiger partial charge in [0.15, 0.2) is 0 Å². The van der Waals surface area contributed by atoms with Crippen molar-refractivity contribution in [2.45, 2.75) is 67.7 Å². The minimum absolute atomic E-state index is 0.214. The Morgan fingerprint density at radius 1 is 0.727 bits per heavy atom. The van der Waals surface area contributed by atoms with Gasteiger partial charge in [-0.15, -0.1) is 0 Å². The smallest absolute Gasteiger partial charge is 0.145 e. The molecule has 0 bridgehead atoms. The Balaban J connectivity index is 0.00000149. The van der Waals surface area contributed by atoms with Crippen molar-refractivity contribution in [3.05, 3.63) is 84.4 Å². The highest BCUT2D eigenvalue weighted by Crippen LogP contribution is 2.43. The van der Waals surface area contributed by atoms with E-state index in [4.69, 9.17) is 4.98 Å². The topological polar surface area (TPSA) is 17.8 Å². The van der Waals surface area contributed by atoms with E-state index in [1.54, 1.807) is 0 Å². The normalized spacial score (nSPS) is 12.8. The van der Waals surface area contributed by atoms with Crippen LogP contribution < -0.4 is 0 Å². The first kappa shape index (κ1) is 24.8. The van der Waals surface area contributed by atoms with Crippen LogP contribution in [0.3, 0.4) is 0 Å². The number of hydrogen-bond donors (Lipinski definition) is 0. The molecule has 1 heterocycles. The summed E-state index contributed by atoms with van der Waals surface area (Å²) in [6.07, 6.45) is 1.17. The van der Waals surface area contributed by atoms with E-state index in [1.807, 2.05) is 13.8 Å². The number of imidazole rings is 1. The number of aromatic nitrogens is 2. The average molecular weight is 441 g/mol. The molecule has 2 heteroatoms. The zero-order valence-electron chi connectivity index (χ0n) is 21.7. The second-order valence-corrected chi connectivity index (χ2v) is 10.9. The molecule has 33 heavy (non-hydrogen) atoms. The standard InChI is InChI=1S/C29H34N2.C2H6/c1-28(2,3)20-24(29(4,5)6)21-16-18-22(19-17-21)27-30-25-14-10-11-15-26(25)31(27)23-12-8-7-9-13-23;1-2/h7-19,24H,20H2,1-6H3;1-2H3. The maximum absolute atomic E-state index is 5.00. The van der Waals surface area contributed by atoms with Crippen molar-refractivity contribution in [2.75, 3.05) is 0 Å². The molecule has 0 saturated carbocycles. The first-order chi connectivity index (χ1) is 15.6. The summed E-state index contributed by atoms with van der Waals surface area (Å²) in [5.41, 5.74) is 6.35. The highest BCUT2D eigenvalue weighted by Gasteiger charge is 2.30. The lowest BCUT2D eigenvalue weighted by Crippen LogP contribution is -2.23. The Labute approximate surface area is 200 Å². The summed E-state index contributed by atoms with van der Waals surface area (Å²) in [6.45, 7) is 18.1. The van der Waals surface area contributed by atoms with Crippen LogP contribution in [0.1, 0.15) is 73.3 Å². The van der Waals surface area contributed by atoms with Crippen LogP contribution in [-0.4, -0.2) is 9.55 Å². The fourth-order valence-corrected chi connectivity index (χ4v) is 4.46. The Morgan fingerprint density at radius 3 is 1.88 bits per heavy atom. The minimum atomic E-state index is 0.214. The van der Waals surface area contributed by atoms with E-state index in [9.17, 15) is 0 Å². The van der Waals surface area contributed by atoms with Crippen LogP contribution in [0, 0.1) is 10.8 Å². The van der Waals surface area contributed by atoms with Gasteiger partial charge in [0.1, 0.15) is 5.82 Å². The van der Waals surface area contributed by atoms with Gasteiger partial charge in [-0.05, 0) is 53.0 Å². The van der Waals surface area contributed by atoms with Gasteiger partial charge in [-0.1, -0.05) is 110 Å². The highest BCUT2D eigenvalue weighted by molar-refractivity contribution is 5.83. The van der Waals surface area contributed by atoms with Gasteiger partial charge in [0.2, 0.25) is 0 Å². The van der Waals surface area contributed by atoms with Gasteiger partial charge in [-0.25, -0.2) is 4.98 Å². The van der Waals surface area contributed by atoms with Crippen LogP contribution in [0.5, 0.6) is 0 Å². The monoisotopic (exact) mass is 440 g/mol. The predicted octanol–water partition coefficient (Wildman–Crippen LogP) is 9.28. The molecule has 3 aromatic carbocycles. The molecule has 0 fully saturated rings. The molecular formula is C31H40N2. The Bertz CT molecular complexity index is 1150. The summed E-state index contributed by atoms with van der Waals surface area (Å²) >= 11 is 0. The molecule has 0 amide bonds. The number of rotatable bonds is 4.